The highest BCUT2D eigenvalue weighted by Crippen LogP contribution is 2.25. The van der Waals surface area contributed by atoms with Crippen LogP contribution < -0.4 is 15.5 Å². The summed E-state index contributed by atoms with van der Waals surface area (Å²) in [5.74, 6) is 4.94. The largest absolute Gasteiger partial charge is 0.379 e. The Hall–Kier alpha value is -4.79. The van der Waals surface area contributed by atoms with Gasteiger partial charge in [-0.15, -0.1) is 0 Å². The highest BCUT2D eigenvalue weighted by Gasteiger charge is 2.23. The average molecular weight is 587 g/mol. The van der Waals surface area contributed by atoms with E-state index in [2.05, 4.69) is 22.5 Å². The van der Waals surface area contributed by atoms with Gasteiger partial charge in [0.05, 0.1) is 38.7 Å². The molecule has 0 atom stereocenters. The summed E-state index contributed by atoms with van der Waals surface area (Å²) >= 11 is 0. The topological polar surface area (TPSA) is 134 Å². The molecule has 0 bridgehead atoms. The Morgan fingerprint density at radius 2 is 1.35 bits per heavy atom. The molecule has 0 radical (unpaired) electrons. The zero-order valence-corrected chi connectivity index (χ0v) is 23.8. The number of anilines is 1. The summed E-state index contributed by atoms with van der Waals surface area (Å²) < 4.78 is 10.8. The monoisotopic (exact) mass is 586 g/mol. The van der Waals surface area contributed by atoms with Crippen LogP contribution in [0.1, 0.15) is 36.0 Å². The Morgan fingerprint density at radius 1 is 0.721 bits per heavy atom. The van der Waals surface area contributed by atoms with E-state index in [4.69, 9.17) is 9.47 Å². The maximum Gasteiger partial charge on any atom is 0.253 e. The fourth-order valence-electron chi connectivity index (χ4n) is 4.44. The third-order valence-corrected chi connectivity index (χ3v) is 6.71. The average Bonchev–Trinajstić information content (AvgIpc) is 3.32. The first kappa shape index (κ1) is 31.2. The Balaban J connectivity index is 1.05. The van der Waals surface area contributed by atoms with Crippen LogP contribution in [0.15, 0.2) is 60.7 Å². The van der Waals surface area contributed by atoms with Gasteiger partial charge in [-0.3, -0.25) is 28.9 Å². The van der Waals surface area contributed by atoms with Gasteiger partial charge in [-0.05, 0) is 23.8 Å². The molecular formula is C32H34N4O7. The molecule has 0 aliphatic carbocycles. The molecule has 224 valence electrons. The third-order valence-electron chi connectivity index (χ3n) is 6.71. The molecule has 4 rings (SSSR count). The van der Waals surface area contributed by atoms with Crippen LogP contribution in [0.3, 0.4) is 0 Å². The van der Waals surface area contributed by atoms with Crippen molar-refractivity contribution >= 4 is 35.2 Å². The highest BCUT2D eigenvalue weighted by molar-refractivity contribution is 6.13. The van der Waals surface area contributed by atoms with E-state index in [-0.39, 0.29) is 76.4 Å². The number of hydrogen-bond acceptors (Lipinski definition) is 7. The van der Waals surface area contributed by atoms with Gasteiger partial charge in [0.1, 0.15) is 0 Å². The first-order valence-electron chi connectivity index (χ1n) is 14.1. The van der Waals surface area contributed by atoms with Crippen molar-refractivity contribution in [1.82, 2.24) is 15.5 Å². The number of hydrogen-bond donors (Lipinski definition) is 2. The van der Waals surface area contributed by atoms with E-state index >= 15 is 0 Å². The number of carbonyl (C=O) groups excluding carboxylic acids is 5. The first-order valence-corrected chi connectivity index (χ1v) is 14.1. The third kappa shape index (κ3) is 9.36. The van der Waals surface area contributed by atoms with Crippen molar-refractivity contribution in [3.8, 4) is 11.8 Å². The normalized spacial score (nSPS) is 13.4. The van der Waals surface area contributed by atoms with Crippen LogP contribution in [0.5, 0.6) is 0 Å². The van der Waals surface area contributed by atoms with E-state index in [1.54, 1.807) is 4.90 Å². The Kier molecular flexibility index (Phi) is 11.6. The van der Waals surface area contributed by atoms with Gasteiger partial charge in [-0.2, -0.15) is 0 Å². The second-order valence-corrected chi connectivity index (χ2v) is 9.74. The van der Waals surface area contributed by atoms with E-state index in [9.17, 15) is 24.0 Å². The lowest BCUT2D eigenvalue weighted by molar-refractivity contribution is -0.137. The van der Waals surface area contributed by atoms with Crippen molar-refractivity contribution in [1.29, 1.82) is 0 Å². The standard InChI is InChI=1S/C32H34N4O7/c37-28(14-18-35-30(39)11-12-31(35)40)34-17-20-43-22-21-42-19-15-29(38)33-16-13-32(41)36-23-26-7-2-1-5-24(26)9-10-25-6-3-4-8-27(25)36/h1-8,11-12H,13-23H2,(H,33,38)(H,34,37). The van der Waals surface area contributed by atoms with Gasteiger partial charge in [0, 0.05) is 62.2 Å². The smallest absolute Gasteiger partial charge is 0.253 e. The number of benzene rings is 2. The lowest BCUT2D eigenvalue weighted by atomic mass is 10.0. The molecule has 2 aliphatic heterocycles. The number of rotatable bonds is 15. The molecule has 0 spiro atoms. The molecule has 11 heteroatoms. The van der Waals surface area contributed by atoms with Gasteiger partial charge >= 0.3 is 0 Å². The molecule has 0 aromatic heterocycles. The number of nitrogens with one attached hydrogen (secondary N) is 2. The summed E-state index contributed by atoms with van der Waals surface area (Å²) in [6, 6.07) is 15.3. The molecule has 5 amide bonds. The highest BCUT2D eigenvalue weighted by atomic mass is 16.5. The molecule has 2 aliphatic rings. The Bertz CT molecular complexity index is 1420. The van der Waals surface area contributed by atoms with E-state index in [0.717, 1.165) is 27.3 Å². The summed E-state index contributed by atoms with van der Waals surface area (Å²) in [6.45, 7) is 1.97. The number of imide groups is 1. The quantitative estimate of drug-likeness (QED) is 0.183. The molecule has 0 saturated heterocycles. The Labute approximate surface area is 250 Å². The van der Waals surface area contributed by atoms with Crippen molar-refractivity contribution in [3.05, 3.63) is 77.4 Å². The summed E-state index contributed by atoms with van der Waals surface area (Å²) in [5.41, 5.74) is 3.39. The molecule has 43 heavy (non-hydrogen) atoms. The van der Waals surface area contributed by atoms with Crippen LogP contribution in [0.2, 0.25) is 0 Å². The molecular weight excluding hydrogens is 552 g/mol. The number of para-hydroxylation sites is 1. The number of carbonyl (C=O) groups is 5. The van der Waals surface area contributed by atoms with Gasteiger partial charge in [-0.25, -0.2) is 0 Å². The van der Waals surface area contributed by atoms with Gasteiger partial charge < -0.3 is 25.0 Å². The lowest BCUT2D eigenvalue weighted by Gasteiger charge is -2.26. The first-order chi connectivity index (χ1) is 20.9. The number of amides is 5. The number of ether oxygens (including phenoxy) is 2. The van der Waals surface area contributed by atoms with Gasteiger partial charge in [0.2, 0.25) is 17.7 Å². The minimum atomic E-state index is -0.415. The van der Waals surface area contributed by atoms with Crippen molar-refractivity contribution < 1.29 is 33.4 Å². The molecule has 0 saturated carbocycles. The Morgan fingerprint density at radius 3 is 2.14 bits per heavy atom. The van der Waals surface area contributed by atoms with E-state index in [0.29, 0.717) is 13.2 Å². The molecule has 11 nitrogen and oxygen atoms in total. The van der Waals surface area contributed by atoms with Crippen LogP contribution in [-0.2, 0) is 40.0 Å². The van der Waals surface area contributed by atoms with Gasteiger partial charge in [0.15, 0.2) is 0 Å². The van der Waals surface area contributed by atoms with Crippen LogP contribution in [0.25, 0.3) is 0 Å². The minimum absolute atomic E-state index is 0.0223. The van der Waals surface area contributed by atoms with E-state index in [1.165, 1.54) is 12.2 Å². The summed E-state index contributed by atoms with van der Waals surface area (Å²) in [4.78, 5) is 62.9. The summed E-state index contributed by atoms with van der Waals surface area (Å²) in [5, 5.41) is 5.43. The molecule has 0 unspecified atom stereocenters. The molecule has 0 fully saturated rings. The predicted octanol–water partition coefficient (Wildman–Crippen LogP) is 1.29. The van der Waals surface area contributed by atoms with Gasteiger partial charge in [-0.1, -0.05) is 42.2 Å². The van der Waals surface area contributed by atoms with E-state index in [1.807, 2.05) is 48.5 Å². The maximum absolute atomic E-state index is 13.2. The second-order valence-electron chi connectivity index (χ2n) is 9.74. The molecule has 2 aromatic rings. The number of fused-ring (bicyclic) bond motifs is 2. The predicted molar refractivity (Wildman–Crippen MR) is 157 cm³/mol. The van der Waals surface area contributed by atoms with Gasteiger partial charge in [0.25, 0.3) is 11.8 Å². The van der Waals surface area contributed by atoms with E-state index < -0.39 is 11.8 Å². The SMILES string of the molecule is O=C(CCOCCOCCNC(=O)CCN1C(=O)C=CC1=O)NCCC(=O)N1Cc2ccccc2C#Cc2ccccc21. The fourth-order valence-corrected chi connectivity index (χ4v) is 4.44. The summed E-state index contributed by atoms with van der Waals surface area (Å²) in [7, 11) is 0. The summed E-state index contributed by atoms with van der Waals surface area (Å²) in [6.07, 6.45) is 2.68. The van der Waals surface area contributed by atoms with Crippen molar-refractivity contribution in [2.24, 2.45) is 0 Å². The lowest BCUT2D eigenvalue weighted by Crippen LogP contribution is -2.35. The van der Waals surface area contributed by atoms with Crippen molar-refractivity contribution in [3.63, 3.8) is 0 Å². The van der Waals surface area contributed by atoms with Crippen LogP contribution in [0.4, 0.5) is 5.69 Å². The molecule has 2 aromatic carbocycles. The minimum Gasteiger partial charge on any atom is -0.379 e. The second kappa shape index (κ2) is 16.0. The van der Waals surface area contributed by atoms with Crippen LogP contribution in [0, 0.1) is 11.8 Å². The molecule has 2 heterocycles. The fraction of sp³-hybridized carbons (Fsp3) is 0.344. The maximum atomic E-state index is 13.2. The molecule has 2 N–H and O–H groups in total. The van der Waals surface area contributed by atoms with Crippen molar-refractivity contribution in [2.45, 2.75) is 25.8 Å². The number of nitrogens with zero attached hydrogens (tertiary/aromatic N) is 2. The van der Waals surface area contributed by atoms with Crippen LogP contribution >= 0.6 is 0 Å². The zero-order chi connectivity index (χ0) is 30.4. The zero-order valence-electron chi connectivity index (χ0n) is 23.8. The van der Waals surface area contributed by atoms with Crippen molar-refractivity contribution in [2.75, 3.05) is 51.0 Å². The van der Waals surface area contributed by atoms with Crippen LogP contribution in [-0.4, -0.2) is 80.5 Å².